The Hall–Kier alpha value is -0.0900. The monoisotopic (exact) mass is 298 g/mol. The van der Waals surface area contributed by atoms with E-state index < -0.39 is 0 Å². The fourth-order valence-corrected chi connectivity index (χ4v) is 4.96. The zero-order valence-corrected chi connectivity index (χ0v) is 13.4. The molecule has 2 bridgehead atoms. The molecule has 0 unspecified atom stereocenters. The van der Waals surface area contributed by atoms with Gasteiger partial charge in [0, 0.05) is 42.6 Å². The van der Waals surface area contributed by atoms with Crippen molar-refractivity contribution in [1.29, 1.82) is 0 Å². The second-order valence-corrected chi connectivity index (χ2v) is 7.96. The Bertz CT molecular complexity index is 432. The number of rotatable bonds is 3. The maximum absolute atomic E-state index is 6.03. The first kappa shape index (κ1) is 13.9. The van der Waals surface area contributed by atoms with Crippen LogP contribution in [0.1, 0.15) is 38.0 Å². The average molecular weight is 299 g/mol. The summed E-state index contributed by atoms with van der Waals surface area (Å²) in [5.74, 6) is 0. The molecule has 1 aromatic heterocycles. The molecule has 3 rings (SSSR count). The summed E-state index contributed by atoms with van der Waals surface area (Å²) >= 11 is 7.76. The summed E-state index contributed by atoms with van der Waals surface area (Å²) in [7, 11) is 0. The predicted molar refractivity (Wildman–Crippen MR) is 83.0 cm³/mol. The van der Waals surface area contributed by atoms with Crippen molar-refractivity contribution in [2.45, 2.75) is 57.8 Å². The highest BCUT2D eigenvalue weighted by atomic mass is 35.5. The topological polar surface area (TPSA) is 6.48 Å². The van der Waals surface area contributed by atoms with Crippen molar-refractivity contribution in [3.05, 3.63) is 21.3 Å². The summed E-state index contributed by atoms with van der Waals surface area (Å²) in [6.45, 7) is 8.23. The largest absolute Gasteiger partial charge is 0.297 e. The molecule has 106 valence electrons. The molecule has 2 atom stereocenters. The molecule has 4 heteroatoms. The highest BCUT2D eigenvalue weighted by molar-refractivity contribution is 7.16. The van der Waals surface area contributed by atoms with Crippen molar-refractivity contribution in [3.63, 3.8) is 0 Å². The molecule has 19 heavy (non-hydrogen) atoms. The van der Waals surface area contributed by atoms with Crippen molar-refractivity contribution in [1.82, 2.24) is 9.80 Å². The normalized spacial score (nSPS) is 29.1. The zero-order valence-electron chi connectivity index (χ0n) is 11.8. The van der Waals surface area contributed by atoms with Gasteiger partial charge < -0.3 is 0 Å². The third kappa shape index (κ3) is 2.99. The summed E-state index contributed by atoms with van der Waals surface area (Å²) in [5.41, 5.74) is 0. The Morgan fingerprint density at radius 2 is 2.05 bits per heavy atom. The van der Waals surface area contributed by atoms with Crippen molar-refractivity contribution in [3.8, 4) is 0 Å². The minimum Gasteiger partial charge on any atom is -0.297 e. The summed E-state index contributed by atoms with van der Waals surface area (Å²) in [6, 6.07) is 6.47. The van der Waals surface area contributed by atoms with Crippen LogP contribution in [0.25, 0.3) is 0 Å². The third-order valence-corrected chi connectivity index (χ3v) is 5.74. The lowest BCUT2D eigenvalue weighted by Crippen LogP contribution is -2.43. The molecule has 0 aliphatic carbocycles. The Morgan fingerprint density at radius 1 is 1.26 bits per heavy atom. The van der Waals surface area contributed by atoms with Crippen molar-refractivity contribution >= 4 is 22.9 Å². The minimum atomic E-state index is 0.689. The number of halogens is 1. The van der Waals surface area contributed by atoms with Crippen molar-refractivity contribution < 1.29 is 0 Å². The van der Waals surface area contributed by atoms with Gasteiger partial charge in [-0.05, 0) is 45.2 Å². The van der Waals surface area contributed by atoms with E-state index in [0.29, 0.717) is 6.04 Å². The highest BCUT2D eigenvalue weighted by Crippen LogP contribution is 2.33. The standard InChI is InChI=1S/C15H23ClN2S/c1-11(2)18-12-3-4-13(18)9-17(8-7-12)10-14-5-6-15(16)19-14/h5-6,11-13H,3-4,7-10H2,1-2H3/t12-,13-/m0/s1. The van der Waals surface area contributed by atoms with Gasteiger partial charge in [-0.25, -0.2) is 0 Å². The second kappa shape index (κ2) is 5.72. The Balaban J connectivity index is 1.67. The van der Waals surface area contributed by atoms with E-state index in [1.807, 2.05) is 6.07 Å². The number of nitrogens with zero attached hydrogens (tertiary/aromatic N) is 2. The van der Waals surface area contributed by atoms with E-state index in [-0.39, 0.29) is 0 Å². The van der Waals surface area contributed by atoms with E-state index in [9.17, 15) is 0 Å². The molecule has 2 fully saturated rings. The van der Waals surface area contributed by atoms with Crippen molar-refractivity contribution in [2.24, 2.45) is 0 Å². The summed E-state index contributed by atoms with van der Waals surface area (Å²) < 4.78 is 0.912. The lowest BCUT2D eigenvalue weighted by Gasteiger charge is -2.32. The molecule has 2 aliphatic rings. The van der Waals surface area contributed by atoms with Crippen molar-refractivity contribution in [2.75, 3.05) is 13.1 Å². The first-order valence-corrected chi connectivity index (χ1v) is 8.57. The number of hydrogen-bond acceptors (Lipinski definition) is 3. The molecule has 0 N–H and O–H groups in total. The van der Waals surface area contributed by atoms with Gasteiger partial charge in [-0.2, -0.15) is 0 Å². The molecule has 2 nitrogen and oxygen atoms in total. The lowest BCUT2D eigenvalue weighted by atomic mass is 10.1. The minimum absolute atomic E-state index is 0.689. The molecule has 1 aromatic rings. The summed E-state index contributed by atoms with van der Waals surface area (Å²) in [5, 5.41) is 0. The van der Waals surface area contributed by atoms with Crippen LogP contribution in [-0.4, -0.2) is 41.0 Å². The quantitative estimate of drug-likeness (QED) is 0.836. The zero-order chi connectivity index (χ0) is 13.4. The maximum Gasteiger partial charge on any atom is 0.0931 e. The van der Waals surface area contributed by atoms with Crippen LogP contribution in [-0.2, 0) is 6.54 Å². The van der Waals surface area contributed by atoms with E-state index in [0.717, 1.165) is 23.0 Å². The number of hydrogen-bond donors (Lipinski definition) is 0. The number of likely N-dealkylation sites (tertiary alicyclic amines) is 1. The van der Waals surface area contributed by atoms with Crippen LogP contribution in [0, 0.1) is 0 Å². The smallest absolute Gasteiger partial charge is 0.0931 e. The van der Waals surface area contributed by atoms with E-state index >= 15 is 0 Å². The molecule has 2 aliphatic heterocycles. The molecule has 0 spiro atoms. The average Bonchev–Trinajstić information content (AvgIpc) is 2.86. The molecular weight excluding hydrogens is 276 g/mol. The van der Waals surface area contributed by atoms with Gasteiger partial charge in [0.05, 0.1) is 4.34 Å². The molecular formula is C15H23ClN2S. The first-order chi connectivity index (χ1) is 9.13. The van der Waals surface area contributed by atoms with Gasteiger partial charge in [-0.1, -0.05) is 11.6 Å². The van der Waals surface area contributed by atoms with Crippen LogP contribution in [0.3, 0.4) is 0 Å². The van der Waals surface area contributed by atoms with Gasteiger partial charge in [0.1, 0.15) is 0 Å². The number of fused-ring (bicyclic) bond motifs is 2. The van der Waals surface area contributed by atoms with Gasteiger partial charge in [0.2, 0.25) is 0 Å². The van der Waals surface area contributed by atoms with Crippen LogP contribution in [0.4, 0.5) is 0 Å². The molecule has 0 amide bonds. The Labute approximate surface area is 125 Å². The summed E-state index contributed by atoms with van der Waals surface area (Å²) in [4.78, 5) is 6.79. The highest BCUT2D eigenvalue weighted by Gasteiger charge is 2.38. The van der Waals surface area contributed by atoms with Gasteiger partial charge >= 0.3 is 0 Å². The van der Waals surface area contributed by atoms with Crippen LogP contribution in [0.15, 0.2) is 12.1 Å². The number of thiophene rings is 1. The Morgan fingerprint density at radius 3 is 2.74 bits per heavy atom. The fourth-order valence-electron chi connectivity index (χ4n) is 3.82. The third-order valence-electron chi connectivity index (χ3n) is 4.53. The molecule has 0 saturated carbocycles. The first-order valence-electron chi connectivity index (χ1n) is 7.37. The SMILES string of the molecule is CC(C)N1[C@H]2CC[C@H]1CN(Cc1ccc(Cl)s1)CC2. The van der Waals surface area contributed by atoms with Crippen LogP contribution < -0.4 is 0 Å². The predicted octanol–water partition coefficient (Wildman–Crippen LogP) is 3.85. The van der Waals surface area contributed by atoms with Crippen LogP contribution in [0.2, 0.25) is 4.34 Å². The van der Waals surface area contributed by atoms with E-state index in [2.05, 4.69) is 29.7 Å². The van der Waals surface area contributed by atoms with Gasteiger partial charge in [-0.15, -0.1) is 11.3 Å². The maximum atomic E-state index is 6.03. The van der Waals surface area contributed by atoms with Crippen LogP contribution in [0.5, 0.6) is 0 Å². The molecule has 0 aromatic carbocycles. The molecule has 3 heterocycles. The van der Waals surface area contributed by atoms with E-state index in [1.165, 1.54) is 37.2 Å². The molecule has 0 radical (unpaired) electrons. The summed E-state index contributed by atoms with van der Waals surface area (Å²) in [6.07, 6.45) is 4.11. The van der Waals surface area contributed by atoms with Gasteiger partial charge in [-0.3, -0.25) is 9.80 Å². The second-order valence-electron chi connectivity index (χ2n) is 6.16. The van der Waals surface area contributed by atoms with Crippen LogP contribution >= 0.6 is 22.9 Å². The lowest BCUT2D eigenvalue weighted by molar-refractivity contribution is 0.145. The van der Waals surface area contributed by atoms with Gasteiger partial charge in [0.25, 0.3) is 0 Å². The van der Waals surface area contributed by atoms with E-state index in [1.54, 1.807) is 11.3 Å². The van der Waals surface area contributed by atoms with Gasteiger partial charge in [0.15, 0.2) is 0 Å². The van der Waals surface area contributed by atoms with E-state index in [4.69, 9.17) is 11.6 Å². The Kier molecular flexibility index (Phi) is 4.18. The molecule has 2 saturated heterocycles. The fraction of sp³-hybridized carbons (Fsp3) is 0.733.